The number of aliphatic carboxylic acids is 1. The Balaban J connectivity index is 1.81. The summed E-state index contributed by atoms with van der Waals surface area (Å²) in [4.78, 5) is 15.0. The van der Waals surface area contributed by atoms with Gasteiger partial charge < -0.3 is 5.11 Å². The molecule has 20 heavy (non-hydrogen) atoms. The van der Waals surface area contributed by atoms with Crippen LogP contribution in [-0.4, -0.2) is 28.1 Å². The number of rotatable bonds is 3. The summed E-state index contributed by atoms with van der Waals surface area (Å²) >= 11 is 8.71. The molecule has 0 amide bonds. The van der Waals surface area contributed by atoms with E-state index in [0.717, 1.165) is 27.6 Å². The van der Waals surface area contributed by atoms with Gasteiger partial charge in [-0.05, 0) is 63.1 Å². The lowest BCUT2D eigenvalue weighted by Crippen LogP contribution is -2.41. The summed E-state index contributed by atoms with van der Waals surface area (Å²) in [6.07, 6.45) is 5.68. The Labute approximate surface area is 139 Å². The smallest absolute Gasteiger partial charge is 0.320 e. The summed E-state index contributed by atoms with van der Waals surface area (Å²) in [6, 6.07) is 2.26. The molecule has 110 valence electrons. The first-order valence-electron chi connectivity index (χ1n) is 6.98. The van der Waals surface area contributed by atoms with Gasteiger partial charge in [0, 0.05) is 21.9 Å². The van der Waals surface area contributed by atoms with Gasteiger partial charge in [0.1, 0.15) is 6.04 Å². The van der Waals surface area contributed by atoms with Crippen LogP contribution in [0.15, 0.2) is 14.3 Å². The lowest BCUT2D eigenvalue weighted by molar-refractivity contribution is -0.142. The highest BCUT2D eigenvalue weighted by Crippen LogP contribution is 2.42. The highest BCUT2D eigenvalue weighted by molar-refractivity contribution is 9.13. The molecule has 2 fully saturated rings. The number of halogens is 2. The number of hydrogen-bond acceptors (Lipinski definition) is 3. The minimum Gasteiger partial charge on any atom is -0.480 e. The molecule has 2 aliphatic rings. The molecule has 1 aliphatic heterocycles. The second-order valence-electron chi connectivity index (χ2n) is 5.71. The van der Waals surface area contributed by atoms with E-state index in [4.69, 9.17) is 0 Å². The van der Waals surface area contributed by atoms with Crippen LogP contribution in [0.4, 0.5) is 0 Å². The molecule has 2 heterocycles. The van der Waals surface area contributed by atoms with Crippen molar-refractivity contribution < 1.29 is 9.90 Å². The second kappa shape index (κ2) is 6.07. The first-order valence-corrected chi connectivity index (χ1v) is 9.38. The predicted octanol–water partition coefficient (Wildman–Crippen LogP) is 4.49. The number of thiophene rings is 1. The van der Waals surface area contributed by atoms with Crippen molar-refractivity contribution in [2.24, 2.45) is 5.92 Å². The number of fused-ring (bicyclic) bond motifs is 1. The van der Waals surface area contributed by atoms with Gasteiger partial charge in [0.15, 0.2) is 0 Å². The number of nitrogens with zero attached hydrogens (tertiary/aromatic N) is 1. The van der Waals surface area contributed by atoms with E-state index in [2.05, 4.69) is 42.8 Å². The van der Waals surface area contributed by atoms with Crippen LogP contribution in [0.25, 0.3) is 0 Å². The Morgan fingerprint density at radius 2 is 2.15 bits per heavy atom. The van der Waals surface area contributed by atoms with E-state index in [9.17, 15) is 9.90 Å². The van der Waals surface area contributed by atoms with Crippen LogP contribution < -0.4 is 0 Å². The minimum absolute atomic E-state index is 0.303. The van der Waals surface area contributed by atoms with Gasteiger partial charge in [-0.2, -0.15) is 0 Å². The molecule has 3 unspecified atom stereocenters. The molecule has 1 N–H and O–H groups in total. The SMILES string of the molecule is O=C(O)C1CC2CCCCC2N1Cc1cc(Br)c(Br)s1. The molecule has 1 saturated heterocycles. The maximum absolute atomic E-state index is 11.6. The maximum Gasteiger partial charge on any atom is 0.320 e. The van der Waals surface area contributed by atoms with Gasteiger partial charge in [-0.15, -0.1) is 11.3 Å². The van der Waals surface area contributed by atoms with Crippen LogP contribution in [0.2, 0.25) is 0 Å². The zero-order valence-corrected chi connectivity index (χ0v) is 15.0. The molecule has 1 saturated carbocycles. The standard InChI is InChI=1S/C14H17Br2NO2S/c15-10-6-9(20-13(10)16)7-17-11-4-2-1-3-8(11)5-12(17)14(18)19/h6,8,11-12H,1-5,7H2,(H,18,19). The van der Waals surface area contributed by atoms with Crippen molar-refractivity contribution >= 4 is 49.2 Å². The van der Waals surface area contributed by atoms with E-state index < -0.39 is 5.97 Å². The molecule has 3 nitrogen and oxygen atoms in total. The average Bonchev–Trinajstić information content (AvgIpc) is 2.92. The van der Waals surface area contributed by atoms with Gasteiger partial charge >= 0.3 is 5.97 Å². The molecule has 0 radical (unpaired) electrons. The Kier molecular flexibility index (Phi) is 4.55. The normalized spacial score (nSPS) is 30.4. The minimum atomic E-state index is -0.658. The Morgan fingerprint density at radius 3 is 2.80 bits per heavy atom. The molecular weight excluding hydrogens is 406 g/mol. The van der Waals surface area contributed by atoms with Crippen molar-refractivity contribution in [1.82, 2.24) is 4.90 Å². The molecule has 1 aromatic rings. The van der Waals surface area contributed by atoms with Gasteiger partial charge in [0.2, 0.25) is 0 Å². The number of likely N-dealkylation sites (tertiary alicyclic amines) is 1. The van der Waals surface area contributed by atoms with Crippen molar-refractivity contribution in [3.8, 4) is 0 Å². The summed E-state index contributed by atoms with van der Waals surface area (Å²) in [6.45, 7) is 0.757. The summed E-state index contributed by atoms with van der Waals surface area (Å²) < 4.78 is 2.14. The van der Waals surface area contributed by atoms with E-state index in [1.165, 1.54) is 24.1 Å². The molecule has 3 rings (SSSR count). The highest BCUT2D eigenvalue weighted by atomic mass is 79.9. The molecule has 6 heteroatoms. The summed E-state index contributed by atoms with van der Waals surface area (Å²) in [5, 5.41) is 9.51. The molecule has 1 aliphatic carbocycles. The largest absolute Gasteiger partial charge is 0.480 e. The van der Waals surface area contributed by atoms with E-state index in [1.54, 1.807) is 11.3 Å². The van der Waals surface area contributed by atoms with Crippen LogP contribution in [0, 0.1) is 5.92 Å². The van der Waals surface area contributed by atoms with Crippen LogP contribution in [0.5, 0.6) is 0 Å². The van der Waals surface area contributed by atoms with Crippen LogP contribution >= 0.6 is 43.2 Å². The highest BCUT2D eigenvalue weighted by Gasteiger charge is 2.45. The van der Waals surface area contributed by atoms with Crippen LogP contribution in [0.3, 0.4) is 0 Å². The lowest BCUT2D eigenvalue weighted by Gasteiger charge is -2.32. The van der Waals surface area contributed by atoms with Crippen LogP contribution in [0.1, 0.15) is 37.0 Å². The maximum atomic E-state index is 11.6. The van der Waals surface area contributed by atoms with Gasteiger partial charge in [0.05, 0.1) is 3.79 Å². The van der Waals surface area contributed by atoms with Gasteiger partial charge in [-0.3, -0.25) is 9.69 Å². The molecule has 3 atom stereocenters. The van der Waals surface area contributed by atoms with Gasteiger partial charge in [-0.1, -0.05) is 12.8 Å². The third-order valence-corrected chi connectivity index (χ3v) is 7.78. The van der Waals surface area contributed by atoms with Crippen molar-refractivity contribution in [1.29, 1.82) is 0 Å². The van der Waals surface area contributed by atoms with E-state index in [-0.39, 0.29) is 6.04 Å². The molecular formula is C14H17Br2NO2S. The number of carboxylic acid groups (broad SMARTS) is 1. The van der Waals surface area contributed by atoms with Gasteiger partial charge in [-0.25, -0.2) is 0 Å². The van der Waals surface area contributed by atoms with E-state index >= 15 is 0 Å². The quantitative estimate of drug-likeness (QED) is 0.779. The third kappa shape index (κ3) is 2.85. The zero-order valence-electron chi connectivity index (χ0n) is 11.0. The monoisotopic (exact) mass is 421 g/mol. The molecule has 1 aromatic heterocycles. The summed E-state index contributed by atoms with van der Waals surface area (Å²) in [5.41, 5.74) is 0. The Bertz CT molecular complexity index is 500. The predicted molar refractivity (Wildman–Crippen MR) is 87.0 cm³/mol. The first kappa shape index (κ1) is 15.0. The van der Waals surface area contributed by atoms with Gasteiger partial charge in [0.25, 0.3) is 0 Å². The zero-order chi connectivity index (χ0) is 14.3. The fraction of sp³-hybridized carbons (Fsp3) is 0.643. The number of carboxylic acids is 1. The molecule has 0 aromatic carbocycles. The Morgan fingerprint density at radius 1 is 1.40 bits per heavy atom. The first-order chi connectivity index (χ1) is 9.56. The van der Waals surface area contributed by atoms with Crippen molar-refractivity contribution in [2.45, 2.75) is 50.7 Å². The number of hydrogen-bond donors (Lipinski definition) is 1. The Hall–Kier alpha value is 0.0900. The average molecular weight is 423 g/mol. The fourth-order valence-corrected chi connectivity index (χ4v) is 5.86. The summed E-state index contributed by atoms with van der Waals surface area (Å²) in [5.74, 6) is -0.0780. The van der Waals surface area contributed by atoms with Crippen molar-refractivity contribution in [2.75, 3.05) is 0 Å². The summed E-state index contributed by atoms with van der Waals surface area (Å²) in [7, 11) is 0. The van der Waals surface area contributed by atoms with Crippen molar-refractivity contribution in [3.05, 3.63) is 19.2 Å². The number of carbonyl (C=O) groups is 1. The molecule has 0 bridgehead atoms. The van der Waals surface area contributed by atoms with Crippen molar-refractivity contribution in [3.63, 3.8) is 0 Å². The van der Waals surface area contributed by atoms with E-state index in [0.29, 0.717) is 12.0 Å². The third-order valence-electron chi connectivity index (χ3n) is 4.54. The fourth-order valence-electron chi connectivity index (χ4n) is 3.67. The van der Waals surface area contributed by atoms with E-state index in [1.807, 2.05) is 0 Å². The lowest BCUT2D eigenvalue weighted by atomic mass is 9.85. The molecule has 0 spiro atoms. The van der Waals surface area contributed by atoms with Crippen LogP contribution in [-0.2, 0) is 11.3 Å². The second-order valence-corrected chi connectivity index (χ2v) is 9.02. The topological polar surface area (TPSA) is 40.5 Å².